The summed E-state index contributed by atoms with van der Waals surface area (Å²) in [6.07, 6.45) is -0.843. The van der Waals surface area contributed by atoms with Gasteiger partial charge in [0, 0.05) is 6.54 Å². The highest BCUT2D eigenvalue weighted by Crippen LogP contribution is 2.53. The lowest BCUT2D eigenvalue weighted by Crippen LogP contribution is -2.60. The Balaban J connectivity index is 1.59. The van der Waals surface area contributed by atoms with Crippen molar-refractivity contribution in [2.24, 2.45) is 5.92 Å². The Hall–Kier alpha value is -1.97. The highest BCUT2D eigenvalue weighted by Gasteiger charge is 2.57. The minimum Gasteiger partial charge on any atom is -0.477 e. The average molecular weight is 394 g/mol. The van der Waals surface area contributed by atoms with Gasteiger partial charge in [-0.25, -0.2) is 4.79 Å². The average Bonchev–Trinajstić information content (AvgIpc) is 2.93. The third kappa shape index (κ3) is 3.60. The van der Waals surface area contributed by atoms with Crippen LogP contribution in [0.15, 0.2) is 40.3 Å². The van der Waals surface area contributed by atoms with Gasteiger partial charge in [0.05, 0.1) is 22.0 Å². The molecule has 1 saturated heterocycles. The molecule has 26 heavy (non-hydrogen) atoms. The monoisotopic (exact) mass is 394 g/mol. The zero-order valence-corrected chi connectivity index (χ0v) is 15.5. The number of nitrogens with zero attached hydrogens (tertiary/aromatic N) is 1. The lowest BCUT2D eigenvalue weighted by atomic mass is 9.92. The van der Waals surface area contributed by atoms with Crippen LogP contribution >= 0.6 is 23.5 Å². The third-order valence-electron chi connectivity index (χ3n) is 4.14. The van der Waals surface area contributed by atoms with Crippen LogP contribution in [0.25, 0.3) is 0 Å². The van der Waals surface area contributed by atoms with E-state index in [-0.39, 0.29) is 23.3 Å². The van der Waals surface area contributed by atoms with Crippen LogP contribution in [0.4, 0.5) is 0 Å². The second-order valence-corrected chi connectivity index (χ2v) is 8.35. The summed E-state index contributed by atoms with van der Waals surface area (Å²) in [5.41, 5.74) is 0.879. The van der Waals surface area contributed by atoms with Crippen molar-refractivity contribution in [1.82, 2.24) is 10.2 Å². The van der Waals surface area contributed by atoms with Gasteiger partial charge in [-0.15, -0.1) is 11.8 Å². The van der Waals surface area contributed by atoms with Crippen LogP contribution in [0.2, 0.25) is 0 Å². The molecule has 0 saturated carbocycles. The standard InChI is InChI=1S/C17H18N2O5S2/c1-9(20)12-14(22)19-13(16(23)24)17(26-15(12)19)25-8-11(21)18-7-10-5-3-2-4-6-10/h2-6,9,12,15,20H,7-8H2,1H3,(H,18,21)(H,23,24)/t9-,12+,15+/m0/s1. The maximum Gasteiger partial charge on any atom is 0.354 e. The smallest absolute Gasteiger partial charge is 0.354 e. The summed E-state index contributed by atoms with van der Waals surface area (Å²) < 4.78 is 0.425. The largest absolute Gasteiger partial charge is 0.477 e. The molecule has 2 aliphatic heterocycles. The van der Waals surface area contributed by atoms with Crippen molar-refractivity contribution >= 4 is 41.3 Å². The van der Waals surface area contributed by atoms with Crippen molar-refractivity contribution in [1.29, 1.82) is 0 Å². The number of carbonyl (C=O) groups is 3. The molecule has 1 aromatic rings. The summed E-state index contributed by atoms with van der Waals surface area (Å²) in [4.78, 5) is 36.9. The van der Waals surface area contributed by atoms with Crippen molar-refractivity contribution in [3.05, 3.63) is 45.8 Å². The van der Waals surface area contributed by atoms with Crippen LogP contribution in [-0.4, -0.2) is 50.1 Å². The first-order valence-electron chi connectivity index (χ1n) is 7.99. The number of fused-ring (bicyclic) bond motifs is 1. The summed E-state index contributed by atoms with van der Waals surface area (Å²) in [7, 11) is 0. The van der Waals surface area contributed by atoms with E-state index < -0.39 is 23.4 Å². The lowest BCUT2D eigenvalue weighted by Gasteiger charge is -2.43. The Morgan fingerprint density at radius 2 is 2.04 bits per heavy atom. The first-order chi connectivity index (χ1) is 12.4. The van der Waals surface area contributed by atoms with Crippen molar-refractivity contribution in [3.63, 3.8) is 0 Å². The van der Waals surface area contributed by atoms with E-state index in [9.17, 15) is 24.6 Å². The van der Waals surface area contributed by atoms with E-state index in [0.717, 1.165) is 17.3 Å². The number of thioether (sulfide) groups is 2. The summed E-state index contributed by atoms with van der Waals surface area (Å²) >= 11 is 2.32. The molecule has 2 heterocycles. The number of aliphatic hydroxyl groups is 1. The maximum atomic E-state index is 12.1. The van der Waals surface area contributed by atoms with Crippen molar-refractivity contribution in [2.75, 3.05) is 5.75 Å². The fourth-order valence-corrected chi connectivity index (χ4v) is 5.58. The molecule has 7 nitrogen and oxygen atoms in total. The summed E-state index contributed by atoms with van der Waals surface area (Å²) in [5.74, 6) is -2.37. The van der Waals surface area contributed by atoms with Crippen LogP contribution in [0.3, 0.4) is 0 Å². The van der Waals surface area contributed by atoms with E-state index in [1.165, 1.54) is 23.6 Å². The van der Waals surface area contributed by atoms with E-state index >= 15 is 0 Å². The van der Waals surface area contributed by atoms with E-state index in [4.69, 9.17) is 0 Å². The van der Waals surface area contributed by atoms with Gasteiger partial charge in [0.25, 0.3) is 0 Å². The van der Waals surface area contributed by atoms with Gasteiger partial charge in [-0.2, -0.15) is 0 Å². The first-order valence-corrected chi connectivity index (χ1v) is 9.85. The van der Waals surface area contributed by atoms with Crippen LogP contribution in [0.1, 0.15) is 12.5 Å². The predicted octanol–water partition coefficient (Wildman–Crippen LogP) is 1.20. The van der Waals surface area contributed by atoms with Gasteiger partial charge < -0.3 is 15.5 Å². The van der Waals surface area contributed by atoms with Crippen LogP contribution in [0, 0.1) is 5.92 Å². The lowest BCUT2D eigenvalue weighted by molar-refractivity contribution is -0.156. The highest BCUT2D eigenvalue weighted by molar-refractivity contribution is 8.23. The zero-order chi connectivity index (χ0) is 18.8. The molecule has 3 N–H and O–H groups in total. The van der Waals surface area contributed by atoms with Crippen molar-refractivity contribution < 1.29 is 24.6 Å². The van der Waals surface area contributed by atoms with Gasteiger partial charge in [-0.05, 0) is 12.5 Å². The van der Waals surface area contributed by atoms with Gasteiger partial charge >= 0.3 is 5.97 Å². The van der Waals surface area contributed by atoms with Crippen LogP contribution in [0.5, 0.6) is 0 Å². The highest BCUT2D eigenvalue weighted by atomic mass is 32.2. The van der Waals surface area contributed by atoms with Gasteiger partial charge in [0.1, 0.15) is 5.37 Å². The number of carboxylic acids is 1. The molecule has 0 unspecified atom stereocenters. The molecule has 9 heteroatoms. The Morgan fingerprint density at radius 3 is 2.65 bits per heavy atom. The van der Waals surface area contributed by atoms with Gasteiger partial charge in [0.15, 0.2) is 5.70 Å². The van der Waals surface area contributed by atoms with Crippen molar-refractivity contribution in [2.45, 2.75) is 24.9 Å². The first kappa shape index (κ1) is 18.8. The molecule has 2 aliphatic rings. The molecular weight excluding hydrogens is 376 g/mol. The molecule has 2 amide bonds. The third-order valence-corrected chi connectivity index (χ3v) is 6.79. The molecular formula is C17H18N2O5S2. The van der Waals surface area contributed by atoms with Crippen molar-refractivity contribution in [3.8, 4) is 0 Å². The minimum atomic E-state index is -1.20. The number of rotatable bonds is 7. The number of benzene rings is 1. The molecule has 0 aliphatic carbocycles. The Morgan fingerprint density at radius 1 is 1.35 bits per heavy atom. The number of nitrogens with one attached hydrogen (secondary N) is 1. The van der Waals surface area contributed by atoms with E-state index in [0.29, 0.717) is 10.8 Å². The second kappa shape index (κ2) is 7.73. The molecule has 138 valence electrons. The molecule has 0 radical (unpaired) electrons. The molecule has 3 rings (SSSR count). The normalized spacial score (nSPS) is 22.7. The molecule has 1 fully saturated rings. The summed E-state index contributed by atoms with van der Waals surface area (Å²) in [5, 5.41) is 21.5. The predicted molar refractivity (Wildman–Crippen MR) is 98.8 cm³/mol. The molecule has 1 aromatic carbocycles. The minimum absolute atomic E-state index is 0.0556. The molecule has 0 bridgehead atoms. The van der Waals surface area contributed by atoms with E-state index in [1.54, 1.807) is 0 Å². The van der Waals surface area contributed by atoms with Gasteiger partial charge in [-0.3, -0.25) is 14.5 Å². The Kier molecular flexibility index (Phi) is 5.59. The number of carbonyl (C=O) groups excluding carboxylic acids is 2. The quantitative estimate of drug-likeness (QED) is 0.597. The van der Waals surface area contributed by atoms with Gasteiger partial charge in [0.2, 0.25) is 11.8 Å². The molecule has 0 aromatic heterocycles. The number of aliphatic carboxylic acids is 1. The topological polar surface area (TPSA) is 107 Å². The number of aliphatic hydroxyl groups excluding tert-OH is 1. The van der Waals surface area contributed by atoms with Gasteiger partial charge in [-0.1, -0.05) is 42.1 Å². The van der Waals surface area contributed by atoms with Crippen LogP contribution < -0.4 is 5.32 Å². The van der Waals surface area contributed by atoms with Crippen LogP contribution in [-0.2, 0) is 20.9 Å². The fraction of sp³-hybridized carbons (Fsp3) is 0.353. The number of hydrogen-bond acceptors (Lipinski definition) is 6. The SMILES string of the molecule is C[C@H](O)[C@@H]1C(=O)N2C(C(=O)O)=C(SCC(=O)NCc3ccccc3)S[C@H]12. The second-order valence-electron chi connectivity index (χ2n) is 5.98. The Labute approximate surface area is 158 Å². The Bertz CT molecular complexity index is 766. The summed E-state index contributed by atoms with van der Waals surface area (Å²) in [6, 6.07) is 9.46. The number of carboxylic acid groups (broad SMARTS) is 1. The maximum absolute atomic E-state index is 12.1. The van der Waals surface area contributed by atoms with E-state index in [2.05, 4.69) is 5.32 Å². The number of hydrogen-bond donors (Lipinski definition) is 3. The zero-order valence-electron chi connectivity index (χ0n) is 13.9. The fourth-order valence-electron chi connectivity index (χ4n) is 2.83. The molecule has 3 atom stereocenters. The van der Waals surface area contributed by atoms with E-state index in [1.807, 2.05) is 30.3 Å². The number of amides is 2. The molecule has 0 spiro atoms. The number of β-lactam (4-membered cyclic amide) rings is 1. The summed E-state index contributed by atoms with van der Waals surface area (Å²) in [6.45, 7) is 1.92.